The van der Waals surface area contributed by atoms with Gasteiger partial charge in [0.1, 0.15) is 0 Å². The van der Waals surface area contributed by atoms with Crippen molar-refractivity contribution in [2.45, 2.75) is 53.4 Å². The molecule has 0 fully saturated rings. The fourth-order valence-electron chi connectivity index (χ4n) is 5.76. The second-order valence-corrected chi connectivity index (χ2v) is 10.7. The first-order chi connectivity index (χ1) is 20.0. The van der Waals surface area contributed by atoms with Crippen LogP contribution in [0.25, 0.3) is 50.4 Å². The third-order valence-corrected chi connectivity index (χ3v) is 8.20. The Bertz CT molecular complexity index is 1930. The van der Waals surface area contributed by atoms with Gasteiger partial charge < -0.3 is 42.2 Å². The van der Waals surface area contributed by atoms with E-state index in [-0.39, 0.29) is 55.2 Å². The molecule has 227 valence electrons. The molecule has 10 heteroatoms. The molecule has 0 atom stereocenters. The Labute approximate surface area is 272 Å². The van der Waals surface area contributed by atoms with Gasteiger partial charge in [-0.15, -0.1) is 0 Å². The smallest absolute Gasteiger partial charge is 1.00 e. The van der Waals surface area contributed by atoms with Crippen LogP contribution in [0.3, 0.4) is 0 Å². The fourth-order valence-corrected chi connectivity index (χ4v) is 5.76. The number of H-pyrrole nitrogens is 2. The Kier molecular flexibility index (Phi) is 10.6. The van der Waals surface area contributed by atoms with E-state index in [1.165, 1.54) is 0 Å². The summed E-state index contributed by atoms with van der Waals surface area (Å²) in [4.78, 5) is 39.7. The van der Waals surface area contributed by atoms with Crippen molar-refractivity contribution in [3.8, 4) is 0 Å². The predicted octanol–water partition coefficient (Wildman–Crippen LogP) is 1.84. The van der Waals surface area contributed by atoms with Crippen LogP contribution in [0.5, 0.6) is 0 Å². The molecule has 0 spiro atoms. The van der Waals surface area contributed by atoms with Gasteiger partial charge in [-0.2, -0.15) is 0 Å². The SMILES string of the molecule is C=CC1=C(C)c2cc3[nH]c(cc4nc(cc5[nH]c(cc1n2)c(C)c5CCC(=O)[O-])C(CCC(=O)[O-])=C4C)c(C)c3C=C.[Cl-].[Fe+3]. The minimum absolute atomic E-state index is 0. The minimum Gasteiger partial charge on any atom is -1.00 e. The van der Waals surface area contributed by atoms with E-state index in [4.69, 9.17) is 9.97 Å². The zero-order valence-electron chi connectivity index (χ0n) is 25.0. The van der Waals surface area contributed by atoms with Crippen LogP contribution in [0.1, 0.15) is 78.1 Å². The van der Waals surface area contributed by atoms with E-state index in [1.807, 2.05) is 58.0 Å². The third-order valence-electron chi connectivity index (χ3n) is 8.20. The molecule has 0 unspecified atom stereocenters. The van der Waals surface area contributed by atoms with Crippen molar-refractivity contribution in [2.75, 3.05) is 0 Å². The third kappa shape index (κ3) is 6.36. The maximum Gasteiger partial charge on any atom is 3.00 e. The van der Waals surface area contributed by atoms with Crippen LogP contribution < -0.4 is 22.6 Å². The zero-order valence-corrected chi connectivity index (χ0v) is 26.8. The number of carboxylic acids is 2. The van der Waals surface area contributed by atoms with Gasteiger partial charge in [0.15, 0.2) is 0 Å². The number of fused-ring (bicyclic) bond motifs is 8. The van der Waals surface area contributed by atoms with Crippen LogP contribution in [0.2, 0.25) is 0 Å². The van der Waals surface area contributed by atoms with Crippen LogP contribution in [0.15, 0.2) is 43.5 Å². The maximum atomic E-state index is 11.4. The molecular formula is C34H32ClFeN4O4. The number of carbonyl (C=O) groups is 2. The van der Waals surface area contributed by atoms with Crippen LogP contribution in [-0.2, 0) is 33.1 Å². The molecule has 1 radical (unpaired) electrons. The Balaban J connectivity index is 0.00000264. The van der Waals surface area contributed by atoms with E-state index >= 15 is 0 Å². The summed E-state index contributed by atoms with van der Waals surface area (Å²) < 4.78 is 0. The Morgan fingerprint density at radius 3 is 1.89 bits per heavy atom. The van der Waals surface area contributed by atoms with Gasteiger partial charge in [0.05, 0.1) is 22.8 Å². The Morgan fingerprint density at radius 1 is 0.727 bits per heavy atom. The van der Waals surface area contributed by atoms with Gasteiger partial charge in [0.2, 0.25) is 0 Å². The minimum atomic E-state index is -1.14. The number of aryl methyl sites for hydroxylation is 3. The molecular weight excluding hydrogens is 620 g/mol. The average molecular weight is 652 g/mol. The molecule has 3 aromatic rings. The van der Waals surface area contributed by atoms with Gasteiger partial charge in [0, 0.05) is 45.1 Å². The summed E-state index contributed by atoms with van der Waals surface area (Å²) >= 11 is 0. The molecule has 3 aromatic heterocycles. The number of rotatable bonds is 8. The van der Waals surface area contributed by atoms with Crippen molar-refractivity contribution in [2.24, 2.45) is 0 Å². The largest absolute Gasteiger partial charge is 3.00 e. The van der Waals surface area contributed by atoms with E-state index in [0.29, 0.717) is 16.9 Å². The fraction of sp³-hybridized carbons (Fsp3) is 0.235. The molecule has 2 N–H and O–H groups in total. The monoisotopic (exact) mass is 651 g/mol. The van der Waals surface area contributed by atoms with E-state index in [9.17, 15) is 19.8 Å². The first-order valence-corrected chi connectivity index (χ1v) is 13.8. The van der Waals surface area contributed by atoms with Gasteiger partial charge in [-0.05, 0) is 111 Å². The van der Waals surface area contributed by atoms with Gasteiger partial charge in [-0.3, -0.25) is 0 Å². The summed E-state index contributed by atoms with van der Waals surface area (Å²) in [6.07, 6.45) is 3.81. The maximum absolute atomic E-state index is 11.4. The zero-order chi connectivity index (χ0) is 30.3. The van der Waals surface area contributed by atoms with Gasteiger partial charge in [-0.1, -0.05) is 25.3 Å². The van der Waals surface area contributed by atoms with Crippen molar-refractivity contribution < 1.29 is 49.3 Å². The quantitative estimate of drug-likeness (QED) is 0.357. The van der Waals surface area contributed by atoms with Crippen molar-refractivity contribution in [3.05, 3.63) is 88.5 Å². The van der Waals surface area contributed by atoms with Crippen LogP contribution in [0, 0.1) is 13.8 Å². The Hall–Kier alpha value is -4.17. The number of carboxylic acid groups (broad SMARTS) is 2. The molecule has 8 bridgehead atoms. The number of aliphatic carboxylic acids is 2. The van der Waals surface area contributed by atoms with Crippen molar-refractivity contribution >= 4 is 62.4 Å². The van der Waals surface area contributed by atoms with E-state index in [0.717, 1.165) is 72.5 Å². The van der Waals surface area contributed by atoms with Crippen LogP contribution >= 0.6 is 0 Å². The molecule has 0 saturated carbocycles. The molecule has 2 aliphatic heterocycles. The number of hydrogen-bond acceptors (Lipinski definition) is 6. The summed E-state index contributed by atoms with van der Waals surface area (Å²) in [5, 5.41) is 22.8. The summed E-state index contributed by atoms with van der Waals surface area (Å²) in [5.74, 6) is -2.28. The number of allylic oxidation sites excluding steroid dienone is 5. The number of aromatic amines is 2. The number of aromatic nitrogens is 4. The molecule has 0 saturated heterocycles. The number of halogens is 1. The van der Waals surface area contributed by atoms with Crippen LogP contribution in [0.4, 0.5) is 0 Å². The molecule has 0 aliphatic carbocycles. The normalized spacial score (nSPS) is 12.5. The van der Waals surface area contributed by atoms with Crippen molar-refractivity contribution in [1.82, 2.24) is 19.9 Å². The second-order valence-electron chi connectivity index (χ2n) is 10.7. The van der Waals surface area contributed by atoms with E-state index in [2.05, 4.69) is 23.1 Å². The second kappa shape index (κ2) is 13.6. The molecule has 0 aromatic carbocycles. The number of nitrogens with one attached hydrogen (secondary N) is 2. The summed E-state index contributed by atoms with van der Waals surface area (Å²) in [6.45, 7) is 15.9. The number of hydrogen-bond donors (Lipinski definition) is 2. The van der Waals surface area contributed by atoms with E-state index < -0.39 is 11.9 Å². The molecule has 44 heavy (non-hydrogen) atoms. The Morgan fingerprint density at radius 2 is 1.25 bits per heavy atom. The summed E-state index contributed by atoms with van der Waals surface area (Å²) in [6, 6.07) is 7.78. The molecule has 2 aliphatic rings. The topological polar surface area (TPSA) is 138 Å². The number of carbonyl (C=O) groups excluding carboxylic acids is 2. The average Bonchev–Trinajstić information content (AvgIpc) is 3.59. The van der Waals surface area contributed by atoms with Crippen LogP contribution in [-0.4, -0.2) is 31.9 Å². The van der Waals surface area contributed by atoms with E-state index in [1.54, 1.807) is 6.08 Å². The molecule has 5 heterocycles. The predicted molar refractivity (Wildman–Crippen MR) is 163 cm³/mol. The summed E-state index contributed by atoms with van der Waals surface area (Å²) in [7, 11) is 0. The first kappa shape index (κ1) is 34.3. The first-order valence-electron chi connectivity index (χ1n) is 13.8. The molecule has 8 nitrogen and oxygen atoms in total. The van der Waals surface area contributed by atoms with Gasteiger partial charge in [0.25, 0.3) is 0 Å². The molecule has 0 amide bonds. The van der Waals surface area contributed by atoms with Crippen molar-refractivity contribution in [3.63, 3.8) is 0 Å². The van der Waals surface area contributed by atoms with Gasteiger partial charge in [-0.25, -0.2) is 9.97 Å². The molecule has 5 rings (SSSR count). The van der Waals surface area contributed by atoms with Gasteiger partial charge >= 0.3 is 17.1 Å². The van der Waals surface area contributed by atoms with Crippen molar-refractivity contribution in [1.29, 1.82) is 0 Å². The number of nitrogens with zero attached hydrogens (tertiary/aromatic N) is 2. The summed E-state index contributed by atoms with van der Waals surface area (Å²) in [5.41, 5.74) is 13.3. The standard InChI is InChI=1S/C34H34N4O4.ClH.Fe/c1-7-21-17(3)25-13-26-19(5)23(9-11-33(39)40)31(37-26)16-32-24(10-12-34(41)42)20(6)28(38-32)15-30-22(8-2)18(4)27(36-30)14-29(21)35-25;;/h7-8,13-16,35,38H,1-2,9-12H2,3-6H3,(H,39,40)(H,41,42);1H;/q;;+3/p-3.